The van der Waals surface area contributed by atoms with E-state index in [9.17, 15) is 5.11 Å². The minimum absolute atomic E-state index is 0.0424. The summed E-state index contributed by atoms with van der Waals surface area (Å²) in [5.74, 6) is 1.23. The molecular formula is C10H20O. The molecule has 0 aromatic rings. The Bertz CT molecular complexity index is 124. The summed E-state index contributed by atoms with van der Waals surface area (Å²) in [5, 5.41) is 9.53. The summed E-state index contributed by atoms with van der Waals surface area (Å²) in [7, 11) is 0. The molecule has 11 heavy (non-hydrogen) atoms. The molecule has 0 aromatic carbocycles. The average molecular weight is 156 g/mol. The number of aliphatic hydroxyl groups excluding tert-OH is 1. The zero-order valence-corrected chi connectivity index (χ0v) is 8.09. The fourth-order valence-corrected chi connectivity index (χ4v) is 1.93. The van der Waals surface area contributed by atoms with E-state index in [0.29, 0.717) is 17.3 Å². The highest BCUT2D eigenvalue weighted by molar-refractivity contribution is 4.86. The van der Waals surface area contributed by atoms with Crippen molar-refractivity contribution in [2.75, 3.05) is 0 Å². The maximum atomic E-state index is 9.53. The second kappa shape index (κ2) is 2.78. The minimum Gasteiger partial charge on any atom is -0.393 e. The van der Waals surface area contributed by atoms with Crippen molar-refractivity contribution in [1.29, 1.82) is 0 Å². The van der Waals surface area contributed by atoms with Gasteiger partial charge in [0.2, 0.25) is 0 Å². The van der Waals surface area contributed by atoms with Gasteiger partial charge in [-0.05, 0) is 30.1 Å². The molecule has 0 spiro atoms. The van der Waals surface area contributed by atoms with E-state index in [1.54, 1.807) is 0 Å². The Hall–Kier alpha value is -0.0400. The summed E-state index contributed by atoms with van der Waals surface area (Å²) in [6.07, 6.45) is 2.16. The van der Waals surface area contributed by atoms with E-state index in [1.807, 2.05) is 0 Å². The molecule has 0 amide bonds. The summed E-state index contributed by atoms with van der Waals surface area (Å²) in [4.78, 5) is 0. The van der Waals surface area contributed by atoms with Crippen molar-refractivity contribution in [3.05, 3.63) is 0 Å². The molecule has 1 nitrogen and oxygen atoms in total. The number of hydrogen-bond acceptors (Lipinski definition) is 1. The van der Waals surface area contributed by atoms with Crippen LogP contribution in [0.1, 0.15) is 40.5 Å². The Balaban J connectivity index is 2.54. The number of rotatable bonds is 0. The van der Waals surface area contributed by atoms with Crippen molar-refractivity contribution in [2.24, 2.45) is 17.3 Å². The van der Waals surface area contributed by atoms with Gasteiger partial charge in [0.1, 0.15) is 0 Å². The van der Waals surface area contributed by atoms with Gasteiger partial charge in [-0.2, -0.15) is 0 Å². The van der Waals surface area contributed by atoms with Crippen molar-refractivity contribution in [1.82, 2.24) is 0 Å². The molecule has 3 atom stereocenters. The van der Waals surface area contributed by atoms with E-state index in [2.05, 4.69) is 27.7 Å². The largest absolute Gasteiger partial charge is 0.393 e. The minimum atomic E-state index is -0.0424. The molecule has 1 N–H and O–H groups in total. The van der Waals surface area contributed by atoms with Gasteiger partial charge in [-0.1, -0.05) is 27.7 Å². The van der Waals surface area contributed by atoms with Crippen LogP contribution in [0.4, 0.5) is 0 Å². The van der Waals surface area contributed by atoms with E-state index in [-0.39, 0.29) is 6.10 Å². The van der Waals surface area contributed by atoms with Gasteiger partial charge < -0.3 is 5.11 Å². The van der Waals surface area contributed by atoms with Crippen molar-refractivity contribution in [2.45, 2.75) is 46.6 Å². The van der Waals surface area contributed by atoms with Gasteiger partial charge in [0.25, 0.3) is 0 Å². The lowest BCUT2D eigenvalue weighted by molar-refractivity contribution is 0.132. The highest BCUT2D eigenvalue weighted by atomic mass is 16.3. The first-order chi connectivity index (χ1) is 4.91. The maximum absolute atomic E-state index is 9.53. The van der Waals surface area contributed by atoms with Crippen LogP contribution in [0.5, 0.6) is 0 Å². The predicted molar refractivity (Wildman–Crippen MR) is 47.3 cm³/mol. The molecule has 3 unspecified atom stereocenters. The van der Waals surface area contributed by atoms with E-state index < -0.39 is 0 Å². The van der Waals surface area contributed by atoms with E-state index in [0.717, 1.165) is 6.42 Å². The molecule has 1 aliphatic carbocycles. The van der Waals surface area contributed by atoms with Crippen LogP contribution in [0, 0.1) is 17.3 Å². The molecule has 1 aliphatic rings. The number of aliphatic hydroxyl groups is 1. The normalized spacial score (nSPS) is 39.5. The van der Waals surface area contributed by atoms with Crippen molar-refractivity contribution >= 4 is 0 Å². The summed E-state index contributed by atoms with van der Waals surface area (Å²) in [5.41, 5.74) is 0.381. The van der Waals surface area contributed by atoms with Gasteiger partial charge in [-0.25, -0.2) is 0 Å². The first-order valence-electron chi connectivity index (χ1n) is 4.59. The molecule has 1 heteroatoms. The van der Waals surface area contributed by atoms with Gasteiger partial charge in [-0.15, -0.1) is 0 Å². The van der Waals surface area contributed by atoms with Crippen LogP contribution < -0.4 is 0 Å². The van der Waals surface area contributed by atoms with Gasteiger partial charge in [0, 0.05) is 0 Å². The molecule has 0 radical (unpaired) electrons. The lowest BCUT2D eigenvalue weighted by Crippen LogP contribution is -2.18. The van der Waals surface area contributed by atoms with Crippen molar-refractivity contribution in [3.63, 3.8) is 0 Å². The molecule has 1 fully saturated rings. The molecule has 0 bridgehead atoms. The fourth-order valence-electron chi connectivity index (χ4n) is 1.93. The summed E-state index contributed by atoms with van der Waals surface area (Å²) >= 11 is 0. The topological polar surface area (TPSA) is 20.2 Å². The Morgan fingerprint density at radius 2 is 1.73 bits per heavy atom. The highest BCUT2D eigenvalue weighted by Gasteiger charge is 2.36. The van der Waals surface area contributed by atoms with E-state index >= 15 is 0 Å². The first-order valence-corrected chi connectivity index (χ1v) is 4.59. The zero-order chi connectivity index (χ0) is 8.65. The first kappa shape index (κ1) is 9.05. The Labute approximate surface area is 69.8 Å². The van der Waals surface area contributed by atoms with Gasteiger partial charge in [0.15, 0.2) is 0 Å². The molecule has 0 heterocycles. The average Bonchev–Trinajstić information content (AvgIpc) is 2.11. The molecular weight excluding hydrogens is 136 g/mol. The van der Waals surface area contributed by atoms with Crippen LogP contribution in [0.2, 0.25) is 0 Å². The summed E-state index contributed by atoms with van der Waals surface area (Å²) in [6.45, 7) is 8.95. The second-order valence-electron chi connectivity index (χ2n) is 5.08. The van der Waals surface area contributed by atoms with Crippen LogP contribution in [0.3, 0.4) is 0 Å². The van der Waals surface area contributed by atoms with Crippen LogP contribution in [-0.2, 0) is 0 Å². The predicted octanol–water partition coefficient (Wildman–Crippen LogP) is 2.44. The Kier molecular flexibility index (Phi) is 2.29. The summed E-state index contributed by atoms with van der Waals surface area (Å²) < 4.78 is 0. The standard InChI is InChI=1S/C10H20O/c1-7-5-8(6-9(7)11)10(2,3)4/h7-9,11H,5-6H2,1-4H3. The molecule has 66 valence electrons. The van der Waals surface area contributed by atoms with Gasteiger partial charge in [-0.3, -0.25) is 0 Å². The van der Waals surface area contributed by atoms with Crippen molar-refractivity contribution in [3.8, 4) is 0 Å². The quantitative estimate of drug-likeness (QED) is 0.571. The van der Waals surface area contributed by atoms with Crippen molar-refractivity contribution < 1.29 is 5.11 Å². The molecule has 0 aromatic heterocycles. The lowest BCUT2D eigenvalue weighted by atomic mass is 9.79. The summed E-state index contributed by atoms with van der Waals surface area (Å²) in [6, 6.07) is 0. The smallest absolute Gasteiger partial charge is 0.0568 e. The molecule has 0 aliphatic heterocycles. The van der Waals surface area contributed by atoms with Gasteiger partial charge >= 0.3 is 0 Å². The third-order valence-electron chi connectivity index (χ3n) is 3.06. The maximum Gasteiger partial charge on any atom is 0.0568 e. The van der Waals surface area contributed by atoms with Crippen LogP contribution in [0.25, 0.3) is 0 Å². The molecule has 1 rings (SSSR count). The van der Waals surface area contributed by atoms with E-state index in [4.69, 9.17) is 0 Å². The highest BCUT2D eigenvalue weighted by Crippen LogP contribution is 2.41. The Morgan fingerprint density at radius 1 is 1.18 bits per heavy atom. The third kappa shape index (κ3) is 1.96. The monoisotopic (exact) mass is 156 g/mol. The van der Waals surface area contributed by atoms with E-state index in [1.165, 1.54) is 6.42 Å². The fraction of sp³-hybridized carbons (Fsp3) is 1.00. The van der Waals surface area contributed by atoms with Crippen LogP contribution >= 0.6 is 0 Å². The lowest BCUT2D eigenvalue weighted by Gasteiger charge is -2.26. The van der Waals surface area contributed by atoms with Crippen LogP contribution in [0.15, 0.2) is 0 Å². The molecule has 0 saturated heterocycles. The molecule has 1 saturated carbocycles. The second-order valence-corrected chi connectivity index (χ2v) is 5.08. The van der Waals surface area contributed by atoms with Gasteiger partial charge in [0.05, 0.1) is 6.10 Å². The Morgan fingerprint density at radius 3 is 1.91 bits per heavy atom. The zero-order valence-electron chi connectivity index (χ0n) is 8.09. The third-order valence-corrected chi connectivity index (χ3v) is 3.06. The number of hydrogen-bond donors (Lipinski definition) is 1. The SMILES string of the molecule is CC1CC(C(C)(C)C)CC1O. The van der Waals surface area contributed by atoms with Crippen LogP contribution in [-0.4, -0.2) is 11.2 Å².